The molecule has 0 bridgehead atoms. The Kier molecular flexibility index (Phi) is 3.21. The van der Waals surface area contributed by atoms with E-state index in [0.717, 1.165) is 41.3 Å². The fourth-order valence-electron chi connectivity index (χ4n) is 2.88. The molecule has 0 atom stereocenters. The van der Waals surface area contributed by atoms with Gasteiger partial charge in [-0.1, -0.05) is 12.1 Å². The van der Waals surface area contributed by atoms with E-state index in [1.165, 1.54) is 25.0 Å². The molecule has 3 aromatic rings. The molecule has 22 heavy (non-hydrogen) atoms. The van der Waals surface area contributed by atoms with Crippen LogP contribution in [0.1, 0.15) is 24.2 Å². The predicted molar refractivity (Wildman–Crippen MR) is 82.0 cm³/mol. The number of nitrogens with zero attached hydrogens (tertiary/aromatic N) is 4. The molecule has 0 radical (unpaired) electrons. The number of benzene rings is 1. The molecule has 1 aromatic carbocycles. The summed E-state index contributed by atoms with van der Waals surface area (Å²) in [5.74, 6) is 1.60. The molecule has 1 N–H and O–H groups in total. The predicted octanol–water partition coefficient (Wildman–Crippen LogP) is 2.91. The van der Waals surface area contributed by atoms with Crippen LogP contribution in [0.25, 0.3) is 11.2 Å². The van der Waals surface area contributed by atoms with Gasteiger partial charge in [0.1, 0.15) is 18.0 Å². The van der Waals surface area contributed by atoms with Gasteiger partial charge in [-0.3, -0.25) is 0 Å². The van der Waals surface area contributed by atoms with Crippen LogP contribution in [0, 0.1) is 5.82 Å². The normalized spacial score (nSPS) is 14.0. The Morgan fingerprint density at radius 1 is 1.14 bits per heavy atom. The van der Waals surface area contributed by atoms with Crippen molar-refractivity contribution in [1.82, 2.24) is 19.5 Å². The molecule has 0 amide bonds. The molecule has 3 heterocycles. The fourth-order valence-corrected chi connectivity index (χ4v) is 2.88. The monoisotopic (exact) mass is 297 g/mol. The third-order valence-corrected chi connectivity index (χ3v) is 4.02. The van der Waals surface area contributed by atoms with Crippen LogP contribution in [-0.2, 0) is 19.5 Å². The van der Waals surface area contributed by atoms with Crippen molar-refractivity contribution < 1.29 is 4.39 Å². The maximum Gasteiger partial charge on any atom is 0.165 e. The maximum atomic E-state index is 12.9. The van der Waals surface area contributed by atoms with Crippen LogP contribution in [-0.4, -0.2) is 19.5 Å². The van der Waals surface area contributed by atoms with Crippen LogP contribution in [0.3, 0.4) is 0 Å². The minimum absolute atomic E-state index is 0.227. The Morgan fingerprint density at radius 3 is 2.86 bits per heavy atom. The highest BCUT2D eigenvalue weighted by Crippen LogP contribution is 2.24. The Balaban J connectivity index is 1.64. The minimum atomic E-state index is -0.227. The SMILES string of the molecule is Fc1ccc(CNc2ncnc3c2nc2n3CCCC2)cc1. The molecule has 0 aliphatic carbocycles. The lowest BCUT2D eigenvalue weighted by molar-refractivity contribution is 0.530. The quantitative estimate of drug-likeness (QED) is 0.807. The van der Waals surface area contributed by atoms with E-state index in [4.69, 9.17) is 4.98 Å². The molecule has 0 unspecified atom stereocenters. The summed E-state index contributed by atoms with van der Waals surface area (Å²) >= 11 is 0. The Morgan fingerprint density at radius 2 is 2.00 bits per heavy atom. The van der Waals surface area contributed by atoms with Gasteiger partial charge in [0.25, 0.3) is 0 Å². The average Bonchev–Trinajstić information content (AvgIpc) is 2.94. The second-order valence-electron chi connectivity index (χ2n) is 5.51. The number of rotatable bonds is 3. The van der Waals surface area contributed by atoms with Crippen LogP contribution in [0.15, 0.2) is 30.6 Å². The van der Waals surface area contributed by atoms with Crippen LogP contribution < -0.4 is 5.32 Å². The van der Waals surface area contributed by atoms with Crippen molar-refractivity contribution in [3.05, 3.63) is 47.8 Å². The first-order chi connectivity index (χ1) is 10.8. The van der Waals surface area contributed by atoms with Gasteiger partial charge in [0.2, 0.25) is 0 Å². The second kappa shape index (κ2) is 5.36. The molecule has 0 fully saturated rings. The van der Waals surface area contributed by atoms with E-state index in [0.29, 0.717) is 6.54 Å². The van der Waals surface area contributed by atoms with Crippen molar-refractivity contribution in [3.8, 4) is 0 Å². The highest BCUT2D eigenvalue weighted by Gasteiger charge is 2.18. The van der Waals surface area contributed by atoms with Gasteiger partial charge in [-0.2, -0.15) is 0 Å². The van der Waals surface area contributed by atoms with E-state index < -0.39 is 0 Å². The third-order valence-electron chi connectivity index (χ3n) is 4.02. The lowest BCUT2D eigenvalue weighted by atomic mass is 10.2. The van der Waals surface area contributed by atoms with E-state index >= 15 is 0 Å². The molecule has 0 saturated heterocycles. The van der Waals surface area contributed by atoms with Crippen molar-refractivity contribution >= 4 is 17.0 Å². The van der Waals surface area contributed by atoms with Crippen LogP contribution in [0.5, 0.6) is 0 Å². The van der Waals surface area contributed by atoms with Crippen LogP contribution in [0.2, 0.25) is 0 Å². The first-order valence-electron chi connectivity index (χ1n) is 7.50. The van der Waals surface area contributed by atoms with Gasteiger partial charge in [-0.05, 0) is 30.5 Å². The van der Waals surface area contributed by atoms with E-state index in [1.807, 2.05) is 0 Å². The number of hydrogen-bond donors (Lipinski definition) is 1. The first kappa shape index (κ1) is 13.2. The molecule has 0 spiro atoms. The van der Waals surface area contributed by atoms with E-state index in [1.54, 1.807) is 18.5 Å². The number of fused-ring (bicyclic) bond motifs is 3. The highest BCUT2D eigenvalue weighted by atomic mass is 19.1. The lowest BCUT2D eigenvalue weighted by Crippen LogP contribution is -2.10. The summed E-state index contributed by atoms with van der Waals surface area (Å²) < 4.78 is 15.1. The standard InChI is InChI=1S/C16H16FN5/c17-12-6-4-11(5-7-12)9-18-15-14-16(20-10-19-15)22-8-2-1-3-13(22)21-14/h4-7,10H,1-3,8-9H2,(H,18,19,20). The summed E-state index contributed by atoms with van der Waals surface area (Å²) in [6.07, 6.45) is 4.91. The molecule has 5 nitrogen and oxygen atoms in total. The zero-order chi connectivity index (χ0) is 14.9. The highest BCUT2D eigenvalue weighted by molar-refractivity contribution is 5.83. The van der Waals surface area contributed by atoms with E-state index in [-0.39, 0.29) is 5.82 Å². The van der Waals surface area contributed by atoms with Crippen molar-refractivity contribution in [1.29, 1.82) is 0 Å². The number of imidazole rings is 1. The van der Waals surface area contributed by atoms with Gasteiger partial charge in [-0.15, -0.1) is 0 Å². The van der Waals surface area contributed by atoms with Crippen molar-refractivity contribution in [2.75, 3.05) is 5.32 Å². The van der Waals surface area contributed by atoms with E-state index in [9.17, 15) is 4.39 Å². The Labute approximate surface area is 127 Å². The number of aromatic nitrogens is 4. The van der Waals surface area contributed by atoms with Gasteiger partial charge >= 0.3 is 0 Å². The summed E-state index contributed by atoms with van der Waals surface area (Å²) in [7, 11) is 0. The van der Waals surface area contributed by atoms with Crippen LogP contribution in [0.4, 0.5) is 10.2 Å². The van der Waals surface area contributed by atoms with Crippen LogP contribution >= 0.6 is 0 Å². The first-order valence-corrected chi connectivity index (χ1v) is 7.50. The maximum absolute atomic E-state index is 12.9. The molecule has 2 aromatic heterocycles. The molecule has 6 heteroatoms. The molecule has 1 aliphatic heterocycles. The minimum Gasteiger partial charge on any atom is -0.364 e. The molecular formula is C16H16FN5. The van der Waals surface area contributed by atoms with Gasteiger partial charge in [0, 0.05) is 19.5 Å². The topological polar surface area (TPSA) is 55.6 Å². The van der Waals surface area contributed by atoms with Crippen molar-refractivity contribution in [3.63, 3.8) is 0 Å². The Bertz CT molecular complexity index is 809. The van der Waals surface area contributed by atoms with Gasteiger partial charge in [0.05, 0.1) is 0 Å². The summed E-state index contributed by atoms with van der Waals surface area (Å²) in [6, 6.07) is 6.45. The van der Waals surface area contributed by atoms with Crippen molar-refractivity contribution in [2.24, 2.45) is 0 Å². The number of aryl methyl sites for hydroxylation is 2. The van der Waals surface area contributed by atoms with Gasteiger partial charge in [0.15, 0.2) is 17.0 Å². The fraction of sp³-hybridized carbons (Fsp3) is 0.312. The number of anilines is 1. The number of hydrogen-bond acceptors (Lipinski definition) is 4. The Hall–Kier alpha value is -2.50. The number of halogens is 1. The third kappa shape index (κ3) is 2.30. The summed E-state index contributed by atoms with van der Waals surface area (Å²) in [4.78, 5) is 13.4. The smallest absolute Gasteiger partial charge is 0.165 e. The van der Waals surface area contributed by atoms with Gasteiger partial charge < -0.3 is 9.88 Å². The lowest BCUT2D eigenvalue weighted by Gasteiger charge is -2.12. The molecule has 4 rings (SSSR count). The van der Waals surface area contributed by atoms with Crippen molar-refractivity contribution in [2.45, 2.75) is 32.4 Å². The molecule has 0 saturated carbocycles. The van der Waals surface area contributed by atoms with Gasteiger partial charge in [-0.25, -0.2) is 19.3 Å². The average molecular weight is 297 g/mol. The molecule has 1 aliphatic rings. The molecule has 112 valence electrons. The zero-order valence-corrected chi connectivity index (χ0v) is 12.1. The zero-order valence-electron chi connectivity index (χ0n) is 12.1. The summed E-state index contributed by atoms with van der Waals surface area (Å²) in [6.45, 7) is 1.55. The van der Waals surface area contributed by atoms with E-state index in [2.05, 4.69) is 19.9 Å². The molecular weight excluding hydrogens is 281 g/mol. The summed E-state index contributed by atoms with van der Waals surface area (Å²) in [5.41, 5.74) is 2.71. The second-order valence-corrected chi connectivity index (χ2v) is 5.51. The summed E-state index contributed by atoms with van der Waals surface area (Å²) in [5, 5.41) is 3.28. The number of nitrogens with one attached hydrogen (secondary N) is 1. The largest absolute Gasteiger partial charge is 0.364 e.